The molecule has 0 radical (unpaired) electrons. The van der Waals surface area contributed by atoms with Gasteiger partial charge in [0, 0.05) is 70.0 Å². The van der Waals surface area contributed by atoms with Crippen LogP contribution in [0, 0.1) is 13.8 Å². The van der Waals surface area contributed by atoms with Gasteiger partial charge in [-0.2, -0.15) is 10.2 Å². The van der Waals surface area contributed by atoms with E-state index in [4.69, 9.17) is 0 Å². The SMILES string of the molecule is Cc1nn(C)c(C)c1CN1CCN(C[C@H](O)Cn2cccn2)CC1. The molecule has 7 nitrogen and oxygen atoms in total. The van der Waals surface area contributed by atoms with Crippen molar-refractivity contribution in [2.24, 2.45) is 7.05 Å². The van der Waals surface area contributed by atoms with E-state index in [0.29, 0.717) is 13.1 Å². The van der Waals surface area contributed by atoms with Gasteiger partial charge < -0.3 is 5.11 Å². The van der Waals surface area contributed by atoms with Gasteiger partial charge in [-0.15, -0.1) is 0 Å². The van der Waals surface area contributed by atoms with Crippen LogP contribution in [0.2, 0.25) is 0 Å². The van der Waals surface area contributed by atoms with Crippen molar-refractivity contribution in [2.45, 2.75) is 33.0 Å². The first-order valence-corrected chi connectivity index (χ1v) is 8.62. The van der Waals surface area contributed by atoms with Crippen LogP contribution in [0.15, 0.2) is 18.5 Å². The quantitative estimate of drug-likeness (QED) is 0.830. The summed E-state index contributed by atoms with van der Waals surface area (Å²) in [6.45, 7) is 10.5. The Morgan fingerprint density at radius 1 is 1.12 bits per heavy atom. The Balaban J connectivity index is 1.45. The molecule has 1 fully saturated rings. The first-order chi connectivity index (χ1) is 11.5. The Kier molecular flexibility index (Phi) is 5.33. The maximum absolute atomic E-state index is 10.2. The molecular weight excluding hydrogens is 304 g/mol. The molecule has 1 atom stereocenters. The number of aromatic nitrogens is 4. The highest BCUT2D eigenvalue weighted by Crippen LogP contribution is 2.16. The molecular formula is C17H28N6O. The largest absolute Gasteiger partial charge is 0.390 e. The molecule has 0 amide bonds. The van der Waals surface area contributed by atoms with Crippen molar-refractivity contribution < 1.29 is 5.11 Å². The maximum Gasteiger partial charge on any atom is 0.0862 e. The van der Waals surface area contributed by atoms with Crippen molar-refractivity contribution in [3.8, 4) is 0 Å². The predicted octanol–water partition coefficient (Wildman–Crippen LogP) is 0.412. The van der Waals surface area contributed by atoms with Gasteiger partial charge in [0.15, 0.2) is 0 Å². The molecule has 0 unspecified atom stereocenters. The second kappa shape index (κ2) is 7.46. The van der Waals surface area contributed by atoms with E-state index < -0.39 is 0 Å². The second-order valence-corrected chi connectivity index (χ2v) is 6.73. The van der Waals surface area contributed by atoms with E-state index in [1.54, 1.807) is 10.9 Å². The summed E-state index contributed by atoms with van der Waals surface area (Å²) in [4.78, 5) is 4.82. The first-order valence-electron chi connectivity index (χ1n) is 8.62. The minimum atomic E-state index is -0.376. The zero-order valence-electron chi connectivity index (χ0n) is 14.9. The summed E-state index contributed by atoms with van der Waals surface area (Å²) in [5, 5.41) is 18.9. The average Bonchev–Trinajstić information content (AvgIpc) is 3.13. The van der Waals surface area contributed by atoms with Gasteiger partial charge >= 0.3 is 0 Å². The second-order valence-electron chi connectivity index (χ2n) is 6.73. The first kappa shape index (κ1) is 17.1. The van der Waals surface area contributed by atoms with Crippen molar-refractivity contribution in [1.29, 1.82) is 0 Å². The van der Waals surface area contributed by atoms with Crippen LogP contribution in [-0.2, 0) is 20.1 Å². The number of aliphatic hydroxyl groups is 1. The maximum atomic E-state index is 10.2. The van der Waals surface area contributed by atoms with E-state index in [2.05, 4.69) is 33.8 Å². The molecule has 0 bridgehead atoms. The standard InChI is InChI=1S/C17H28N6O/c1-14-17(15(2)20(3)19-14)13-22-9-7-21(8-10-22)11-16(24)12-23-6-4-5-18-23/h4-6,16,24H,7-13H2,1-3H3/t16-/m0/s1. The number of β-amino-alcohol motifs (C(OH)–C–C–N with tert-alkyl or cyclic N) is 1. The zero-order valence-corrected chi connectivity index (χ0v) is 14.9. The van der Waals surface area contributed by atoms with E-state index in [0.717, 1.165) is 38.4 Å². The third-order valence-corrected chi connectivity index (χ3v) is 4.93. The highest BCUT2D eigenvalue weighted by atomic mass is 16.3. The normalized spacial score (nSPS) is 18.2. The minimum Gasteiger partial charge on any atom is -0.390 e. The Morgan fingerprint density at radius 3 is 2.42 bits per heavy atom. The molecule has 0 spiro atoms. The van der Waals surface area contributed by atoms with E-state index in [1.807, 2.05) is 24.0 Å². The number of nitrogens with zero attached hydrogens (tertiary/aromatic N) is 6. The van der Waals surface area contributed by atoms with Crippen LogP contribution in [0.5, 0.6) is 0 Å². The van der Waals surface area contributed by atoms with E-state index in [1.165, 1.54) is 11.3 Å². The fourth-order valence-corrected chi connectivity index (χ4v) is 3.38. The third kappa shape index (κ3) is 4.03. The number of piperazine rings is 1. The summed E-state index contributed by atoms with van der Waals surface area (Å²) in [6, 6.07) is 1.88. The summed E-state index contributed by atoms with van der Waals surface area (Å²) in [6.07, 6.45) is 3.26. The van der Waals surface area contributed by atoms with Crippen LogP contribution in [0.25, 0.3) is 0 Å². The molecule has 1 aliphatic rings. The molecule has 1 aliphatic heterocycles. The van der Waals surface area contributed by atoms with Gasteiger partial charge in [-0.05, 0) is 19.9 Å². The summed E-state index contributed by atoms with van der Waals surface area (Å²) < 4.78 is 3.75. The number of rotatable bonds is 6. The molecule has 132 valence electrons. The van der Waals surface area contributed by atoms with E-state index in [-0.39, 0.29) is 6.10 Å². The molecule has 2 aromatic rings. The summed E-state index contributed by atoms with van der Waals surface area (Å²) in [5.74, 6) is 0. The van der Waals surface area contributed by atoms with Gasteiger partial charge in [-0.25, -0.2) is 0 Å². The van der Waals surface area contributed by atoms with Crippen LogP contribution in [0.3, 0.4) is 0 Å². The summed E-state index contributed by atoms with van der Waals surface area (Å²) in [7, 11) is 2.00. The summed E-state index contributed by atoms with van der Waals surface area (Å²) in [5.41, 5.74) is 3.74. The Hall–Kier alpha value is -1.70. The van der Waals surface area contributed by atoms with Crippen LogP contribution in [-0.4, -0.2) is 73.3 Å². The van der Waals surface area contributed by atoms with Gasteiger partial charge in [-0.1, -0.05) is 0 Å². The minimum absolute atomic E-state index is 0.376. The van der Waals surface area contributed by atoms with Crippen molar-refractivity contribution in [1.82, 2.24) is 29.4 Å². The molecule has 1 saturated heterocycles. The van der Waals surface area contributed by atoms with Crippen molar-refractivity contribution >= 4 is 0 Å². The van der Waals surface area contributed by atoms with Gasteiger partial charge in [0.2, 0.25) is 0 Å². The number of hydrogen-bond acceptors (Lipinski definition) is 5. The van der Waals surface area contributed by atoms with Gasteiger partial charge in [-0.3, -0.25) is 19.2 Å². The Morgan fingerprint density at radius 2 is 1.83 bits per heavy atom. The fourth-order valence-electron chi connectivity index (χ4n) is 3.38. The predicted molar refractivity (Wildman–Crippen MR) is 92.6 cm³/mol. The lowest BCUT2D eigenvalue weighted by Crippen LogP contribution is -2.48. The lowest BCUT2D eigenvalue weighted by atomic mass is 10.1. The fraction of sp³-hybridized carbons (Fsp3) is 0.647. The molecule has 3 rings (SSSR count). The third-order valence-electron chi connectivity index (χ3n) is 4.93. The van der Waals surface area contributed by atoms with Crippen LogP contribution in [0.1, 0.15) is 17.0 Å². The van der Waals surface area contributed by atoms with E-state index >= 15 is 0 Å². The smallest absolute Gasteiger partial charge is 0.0862 e. The van der Waals surface area contributed by atoms with Crippen molar-refractivity contribution in [3.05, 3.63) is 35.4 Å². The van der Waals surface area contributed by atoms with Gasteiger partial charge in [0.05, 0.1) is 18.3 Å². The van der Waals surface area contributed by atoms with E-state index in [9.17, 15) is 5.11 Å². The van der Waals surface area contributed by atoms with Crippen LogP contribution >= 0.6 is 0 Å². The molecule has 3 heterocycles. The highest BCUT2D eigenvalue weighted by molar-refractivity contribution is 5.24. The molecule has 0 aromatic carbocycles. The van der Waals surface area contributed by atoms with Crippen molar-refractivity contribution in [2.75, 3.05) is 32.7 Å². The molecule has 24 heavy (non-hydrogen) atoms. The molecule has 2 aromatic heterocycles. The summed E-state index contributed by atoms with van der Waals surface area (Å²) >= 11 is 0. The molecule has 0 saturated carbocycles. The lowest BCUT2D eigenvalue weighted by molar-refractivity contribution is 0.0604. The molecule has 1 N–H and O–H groups in total. The van der Waals surface area contributed by atoms with Gasteiger partial charge in [0.25, 0.3) is 0 Å². The zero-order chi connectivity index (χ0) is 17.1. The molecule has 0 aliphatic carbocycles. The number of aryl methyl sites for hydroxylation is 2. The average molecular weight is 332 g/mol. The molecule has 7 heteroatoms. The van der Waals surface area contributed by atoms with Crippen LogP contribution < -0.4 is 0 Å². The topological polar surface area (TPSA) is 62.4 Å². The van der Waals surface area contributed by atoms with Gasteiger partial charge in [0.1, 0.15) is 0 Å². The van der Waals surface area contributed by atoms with Crippen LogP contribution in [0.4, 0.5) is 0 Å². The number of aliphatic hydroxyl groups excluding tert-OH is 1. The number of hydrogen-bond donors (Lipinski definition) is 1. The lowest BCUT2D eigenvalue weighted by Gasteiger charge is -2.35. The Labute approximate surface area is 143 Å². The Bertz CT molecular complexity index is 642. The monoisotopic (exact) mass is 332 g/mol. The highest BCUT2D eigenvalue weighted by Gasteiger charge is 2.21. The van der Waals surface area contributed by atoms with Crippen molar-refractivity contribution in [3.63, 3.8) is 0 Å².